The first-order valence-electron chi connectivity index (χ1n) is 10.2. The minimum Gasteiger partial charge on any atom is -0.501 e. The molecule has 3 aromatic rings. The van der Waals surface area contributed by atoms with E-state index in [9.17, 15) is 24.8 Å². The summed E-state index contributed by atoms with van der Waals surface area (Å²) in [6, 6.07) is 9.27. The van der Waals surface area contributed by atoms with Gasteiger partial charge in [-0.15, -0.1) is 0 Å². The molecule has 4 rings (SSSR count). The zero-order valence-corrected chi connectivity index (χ0v) is 22.9. The molecule has 180 valence electrons. The Hall–Kier alpha value is -2.84. The Morgan fingerprint density at radius 2 is 2.06 bits per heavy atom. The third-order valence-corrected chi connectivity index (χ3v) is 7.60. The van der Waals surface area contributed by atoms with Crippen molar-refractivity contribution in [1.29, 1.82) is 0 Å². The predicted octanol–water partition coefficient (Wildman–Crippen LogP) is 3.78. The highest BCUT2D eigenvalue weighted by Crippen LogP contribution is 2.33. The Morgan fingerprint density at radius 3 is 2.69 bits per heavy atom. The quantitative estimate of drug-likeness (QED) is 0.191. The number of phenolic OH excluding ortho intramolecular Hbond substituents is 1. The molecule has 1 aromatic heterocycles. The second kappa shape index (κ2) is 10.0. The first kappa shape index (κ1) is 25.3. The number of thiazole rings is 1. The van der Waals surface area contributed by atoms with Gasteiger partial charge in [-0.1, -0.05) is 39.4 Å². The third-order valence-electron chi connectivity index (χ3n) is 5.26. The van der Waals surface area contributed by atoms with E-state index in [1.807, 2.05) is 24.3 Å². The predicted molar refractivity (Wildman–Crippen MR) is 142 cm³/mol. The molecule has 0 radical (unpaired) electrons. The van der Waals surface area contributed by atoms with E-state index in [0.717, 1.165) is 15.8 Å². The number of rotatable bonds is 5. The maximum Gasteiger partial charge on any atom is 0.338 e. The molecule has 0 saturated carbocycles. The monoisotopic (exact) mass is 669 g/mol. The van der Waals surface area contributed by atoms with Gasteiger partial charge in [0.1, 0.15) is 0 Å². The van der Waals surface area contributed by atoms with Crippen molar-refractivity contribution in [2.24, 2.45) is 4.99 Å². The Bertz CT molecular complexity index is 1580. The van der Waals surface area contributed by atoms with E-state index < -0.39 is 33.9 Å². The molecule has 0 spiro atoms. The summed E-state index contributed by atoms with van der Waals surface area (Å²) in [7, 11) is 0. The molecule has 0 bridgehead atoms. The summed E-state index contributed by atoms with van der Waals surface area (Å²) < 4.78 is 8.12. The molecular formula is C23H17BrIN3O6S. The van der Waals surface area contributed by atoms with Gasteiger partial charge >= 0.3 is 11.7 Å². The van der Waals surface area contributed by atoms with Crippen molar-refractivity contribution in [3.63, 3.8) is 0 Å². The van der Waals surface area contributed by atoms with E-state index in [1.54, 1.807) is 42.5 Å². The summed E-state index contributed by atoms with van der Waals surface area (Å²) in [5.74, 6) is -0.987. The molecule has 12 heteroatoms. The van der Waals surface area contributed by atoms with Gasteiger partial charge in [0, 0.05) is 10.5 Å². The summed E-state index contributed by atoms with van der Waals surface area (Å²) in [4.78, 5) is 42.0. The van der Waals surface area contributed by atoms with Crippen LogP contribution in [0, 0.1) is 13.7 Å². The van der Waals surface area contributed by atoms with Gasteiger partial charge in [0.15, 0.2) is 4.80 Å². The van der Waals surface area contributed by atoms with E-state index in [4.69, 9.17) is 4.74 Å². The number of ether oxygens (including phenoxy) is 1. The van der Waals surface area contributed by atoms with Crippen LogP contribution in [0.25, 0.3) is 6.08 Å². The third kappa shape index (κ3) is 4.82. The van der Waals surface area contributed by atoms with Crippen molar-refractivity contribution in [1.82, 2.24) is 4.57 Å². The minimum atomic E-state index is -0.755. The number of nitro groups is 1. The smallest absolute Gasteiger partial charge is 0.338 e. The van der Waals surface area contributed by atoms with Gasteiger partial charge in [-0.25, -0.2) is 9.79 Å². The highest BCUT2D eigenvalue weighted by atomic mass is 127. The highest BCUT2D eigenvalue weighted by Gasteiger charge is 2.33. The maximum absolute atomic E-state index is 13.6. The van der Waals surface area contributed by atoms with E-state index in [0.29, 0.717) is 21.6 Å². The first-order valence-corrected chi connectivity index (χ1v) is 12.9. The Labute approximate surface area is 224 Å². The van der Waals surface area contributed by atoms with Crippen LogP contribution in [-0.2, 0) is 9.53 Å². The van der Waals surface area contributed by atoms with Crippen LogP contribution in [0.2, 0.25) is 0 Å². The molecule has 2 heterocycles. The Balaban J connectivity index is 1.96. The van der Waals surface area contributed by atoms with Gasteiger partial charge in [0.05, 0.1) is 36.9 Å². The lowest BCUT2D eigenvalue weighted by atomic mass is 9.96. The Kier molecular flexibility index (Phi) is 7.24. The molecule has 0 aliphatic carbocycles. The van der Waals surface area contributed by atoms with Crippen LogP contribution < -0.4 is 14.9 Å². The normalized spacial score (nSPS) is 15.5. The summed E-state index contributed by atoms with van der Waals surface area (Å²) in [5, 5.41) is 21.3. The molecule has 0 unspecified atom stereocenters. The molecule has 0 fully saturated rings. The molecule has 0 saturated heterocycles. The number of aromatic hydroxyl groups is 1. The number of halogens is 2. The van der Waals surface area contributed by atoms with Crippen LogP contribution in [-0.4, -0.2) is 27.2 Å². The van der Waals surface area contributed by atoms with Gasteiger partial charge in [-0.3, -0.25) is 19.5 Å². The van der Waals surface area contributed by atoms with E-state index in [-0.39, 0.29) is 20.3 Å². The van der Waals surface area contributed by atoms with Gasteiger partial charge < -0.3 is 9.84 Å². The number of nitrogens with zero attached hydrogens (tertiary/aromatic N) is 3. The van der Waals surface area contributed by atoms with Crippen molar-refractivity contribution in [3.05, 3.63) is 96.6 Å². The number of nitro benzene ring substituents is 1. The molecule has 1 aliphatic heterocycles. The Morgan fingerprint density at radius 1 is 1.37 bits per heavy atom. The minimum absolute atomic E-state index is 0.172. The van der Waals surface area contributed by atoms with Gasteiger partial charge in [-0.05, 0) is 71.8 Å². The van der Waals surface area contributed by atoms with Gasteiger partial charge in [0.2, 0.25) is 5.75 Å². The molecule has 35 heavy (non-hydrogen) atoms. The zero-order chi connectivity index (χ0) is 25.4. The van der Waals surface area contributed by atoms with E-state index in [2.05, 4.69) is 20.9 Å². The first-order chi connectivity index (χ1) is 16.6. The number of allylic oxidation sites excluding steroid dienone is 1. The van der Waals surface area contributed by atoms with E-state index in [1.165, 1.54) is 16.7 Å². The van der Waals surface area contributed by atoms with Crippen LogP contribution in [0.4, 0.5) is 5.69 Å². The number of benzene rings is 2. The number of carbonyl (C=O) groups is 1. The SMILES string of the molecule is CCOC(=O)C1=C(C)N=c2s/c(=C\c3cc(I)c(O)c([N+](=O)[O-])c3)c(=O)n2[C@H]1c1ccc(Br)cc1. The second-order valence-electron chi connectivity index (χ2n) is 7.48. The lowest BCUT2D eigenvalue weighted by Crippen LogP contribution is -2.39. The average Bonchev–Trinajstić information content (AvgIpc) is 3.10. The number of fused-ring (bicyclic) bond motifs is 1. The number of esters is 1. The van der Waals surface area contributed by atoms with Crippen molar-refractivity contribution in [3.8, 4) is 5.75 Å². The van der Waals surface area contributed by atoms with Crippen molar-refractivity contribution in [2.45, 2.75) is 19.9 Å². The standard InChI is InChI=1S/C23H17BrIN3O6S/c1-3-34-22(31)18-11(2)26-23-27(19(18)13-4-6-14(24)7-5-13)21(30)17(35-23)10-12-8-15(25)20(29)16(9-12)28(32)33/h4-10,19,29H,3H2,1-2H3/b17-10-/t19-/m0/s1. The van der Waals surface area contributed by atoms with Crippen LogP contribution in [0.5, 0.6) is 5.75 Å². The van der Waals surface area contributed by atoms with Crippen LogP contribution in [0.15, 0.2) is 61.9 Å². The topological polar surface area (TPSA) is 124 Å². The summed E-state index contributed by atoms with van der Waals surface area (Å²) in [6.45, 7) is 3.57. The van der Waals surface area contributed by atoms with Crippen LogP contribution in [0.1, 0.15) is 31.0 Å². The number of aromatic nitrogens is 1. The average molecular weight is 670 g/mol. The highest BCUT2D eigenvalue weighted by molar-refractivity contribution is 14.1. The summed E-state index contributed by atoms with van der Waals surface area (Å²) in [6.07, 6.45) is 1.51. The molecule has 9 nitrogen and oxygen atoms in total. The maximum atomic E-state index is 13.6. The van der Waals surface area contributed by atoms with Gasteiger partial charge in [-0.2, -0.15) is 0 Å². The number of carbonyl (C=O) groups excluding carboxylic acids is 1. The lowest BCUT2D eigenvalue weighted by molar-refractivity contribution is -0.386. The fourth-order valence-corrected chi connectivity index (χ4v) is 5.68. The van der Waals surface area contributed by atoms with Crippen molar-refractivity contribution in [2.75, 3.05) is 6.61 Å². The van der Waals surface area contributed by atoms with Crippen LogP contribution in [0.3, 0.4) is 0 Å². The fraction of sp³-hybridized carbons (Fsp3) is 0.174. The second-order valence-corrected chi connectivity index (χ2v) is 10.6. The number of phenols is 1. The molecular weight excluding hydrogens is 653 g/mol. The zero-order valence-electron chi connectivity index (χ0n) is 18.3. The molecule has 2 aromatic carbocycles. The number of hydrogen-bond donors (Lipinski definition) is 1. The fourth-order valence-electron chi connectivity index (χ4n) is 3.73. The molecule has 1 N–H and O–H groups in total. The van der Waals surface area contributed by atoms with E-state index >= 15 is 0 Å². The largest absolute Gasteiger partial charge is 0.501 e. The molecule has 1 atom stereocenters. The summed E-state index contributed by atoms with van der Waals surface area (Å²) >= 11 is 6.31. The van der Waals surface area contributed by atoms with Gasteiger partial charge in [0.25, 0.3) is 5.56 Å². The molecule has 1 aliphatic rings. The molecule has 0 amide bonds. The summed E-state index contributed by atoms with van der Waals surface area (Å²) in [5.41, 5.74) is 0.937. The van der Waals surface area contributed by atoms with Crippen molar-refractivity contribution >= 4 is 67.6 Å². The lowest BCUT2D eigenvalue weighted by Gasteiger charge is -2.24. The number of hydrogen-bond acceptors (Lipinski definition) is 8. The van der Waals surface area contributed by atoms with Crippen LogP contribution >= 0.6 is 49.9 Å². The van der Waals surface area contributed by atoms with Crippen molar-refractivity contribution < 1.29 is 19.6 Å².